The molecule has 1 saturated heterocycles. The monoisotopic (exact) mass is 290 g/mol. The maximum absolute atomic E-state index is 4.32. The first-order valence-corrected chi connectivity index (χ1v) is 8.69. The first-order chi connectivity index (χ1) is 10.2. The second-order valence-electron chi connectivity index (χ2n) is 6.92. The van der Waals surface area contributed by atoms with Crippen molar-refractivity contribution in [2.24, 2.45) is 5.92 Å². The van der Waals surface area contributed by atoms with Crippen molar-refractivity contribution in [1.82, 2.24) is 19.8 Å². The second-order valence-corrected chi connectivity index (χ2v) is 6.92. The molecule has 0 aromatic carbocycles. The van der Waals surface area contributed by atoms with E-state index >= 15 is 0 Å². The van der Waals surface area contributed by atoms with E-state index in [1.165, 1.54) is 38.6 Å². The fraction of sp³-hybridized carbons (Fsp3) is 0.824. The zero-order valence-electron chi connectivity index (χ0n) is 13.6. The number of hydrogen-bond donors (Lipinski definition) is 1. The number of rotatable bonds is 4. The van der Waals surface area contributed by atoms with Gasteiger partial charge in [0.2, 0.25) is 0 Å². The molecule has 1 aromatic heterocycles. The van der Waals surface area contributed by atoms with Crippen LogP contribution in [0.2, 0.25) is 0 Å². The Hall–Kier alpha value is -0.870. The molecule has 21 heavy (non-hydrogen) atoms. The van der Waals surface area contributed by atoms with Crippen molar-refractivity contribution in [2.75, 3.05) is 19.6 Å². The molecule has 2 atom stereocenters. The van der Waals surface area contributed by atoms with Crippen LogP contribution in [0, 0.1) is 12.8 Å². The van der Waals surface area contributed by atoms with E-state index in [0.717, 1.165) is 31.4 Å². The van der Waals surface area contributed by atoms with E-state index in [1.807, 2.05) is 6.20 Å². The number of imidazole rings is 1. The molecule has 2 fully saturated rings. The van der Waals surface area contributed by atoms with Crippen LogP contribution in [0.1, 0.15) is 44.9 Å². The van der Waals surface area contributed by atoms with Gasteiger partial charge in [-0.25, -0.2) is 4.98 Å². The number of piperazine rings is 1. The van der Waals surface area contributed by atoms with Crippen molar-refractivity contribution >= 4 is 0 Å². The van der Waals surface area contributed by atoms with Crippen LogP contribution in [0.25, 0.3) is 0 Å². The lowest BCUT2D eigenvalue weighted by molar-refractivity contribution is 0.101. The summed E-state index contributed by atoms with van der Waals surface area (Å²) >= 11 is 0. The third-order valence-electron chi connectivity index (χ3n) is 5.50. The fourth-order valence-electron chi connectivity index (χ4n) is 3.99. The predicted molar refractivity (Wildman–Crippen MR) is 86.4 cm³/mol. The average Bonchev–Trinajstić information content (AvgIpc) is 2.93. The molecule has 2 heterocycles. The number of aromatic nitrogens is 2. The summed E-state index contributed by atoms with van der Waals surface area (Å²) in [7, 11) is 0. The zero-order valence-corrected chi connectivity index (χ0v) is 13.6. The minimum Gasteiger partial charge on any atom is -0.334 e. The summed E-state index contributed by atoms with van der Waals surface area (Å²) in [4.78, 5) is 7.00. The summed E-state index contributed by atoms with van der Waals surface area (Å²) in [6.07, 6.45) is 11.2. The van der Waals surface area contributed by atoms with E-state index in [0.29, 0.717) is 12.1 Å². The SMILES string of the molecule is Cc1nccn1CCN1CC(C2CCCCC2)NCC1C. The quantitative estimate of drug-likeness (QED) is 0.924. The molecule has 0 spiro atoms. The molecule has 1 N–H and O–H groups in total. The van der Waals surface area contributed by atoms with Gasteiger partial charge in [-0.3, -0.25) is 4.90 Å². The van der Waals surface area contributed by atoms with Crippen molar-refractivity contribution in [1.29, 1.82) is 0 Å². The molecule has 1 aliphatic carbocycles. The van der Waals surface area contributed by atoms with Gasteiger partial charge in [0, 0.05) is 50.7 Å². The van der Waals surface area contributed by atoms with Gasteiger partial charge in [0.1, 0.15) is 5.82 Å². The molecular weight excluding hydrogens is 260 g/mol. The van der Waals surface area contributed by atoms with Crippen LogP contribution in [0.3, 0.4) is 0 Å². The topological polar surface area (TPSA) is 33.1 Å². The maximum atomic E-state index is 4.32. The van der Waals surface area contributed by atoms with Gasteiger partial charge in [-0.2, -0.15) is 0 Å². The molecular formula is C17H30N4. The largest absolute Gasteiger partial charge is 0.334 e. The van der Waals surface area contributed by atoms with Crippen LogP contribution in [0.4, 0.5) is 0 Å². The Morgan fingerprint density at radius 2 is 2.05 bits per heavy atom. The smallest absolute Gasteiger partial charge is 0.105 e. The highest BCUT2D eigenvalue weighted by Crippen LogP contribution is 2.28. The predicted octanol–water partition coefficient (Wildman–Crippen LogP) is 2.43. The summed E-state index contributed by atoms with van der Waals surface area (Å²) in [5, 5.41) is 3.81. The zero-order chi connectivity index (χ0) is 14.7. The first kappa shape index (κ1) is 15.0. The molecule has 0 amide bonds. The lowest BCUT2D eigenvalue weighted by atomic mass is 9.82. The highest BCUT2D eigenvalue weighted by atomic mass is 15.2. The van der Waals surface area contributed by atoms with Gasteiger partial charge in [-0.15, -0.1) is 0 Å². The third-order valence-corrected chi connectivity index (χ3v) is 5.50. The summed E-state index contributed by atoms with van der Waals surface area (Å²) in [6.45, 7) is 9.01. The maximum Gasteiger partial charge on any atom is 0.105 e. The molecule has 4 heteroatoms. The second kappa shape index (κ2) is 6.93. The minimum atomic E-state index is 0.647. The van der Waals surface area contributed by atoms with Gasteiger partial charge in [-0.05, 0) is 32.6 Å². The molecule has 1 aromatic rings. The van der Waals surface area contributed by atoms with Crippen LogP contribution in [0.15, 0.2) is 12.4 Å². The van der Waals surface area contributed by atoms with Crippen molar-refractivity contribution in [3.05, 3.63) is 18.2 Å². The lowest BCUT2D eigenvalue weighted by Crippen LogP contribution is -2.58. The summed E-state index contributed by atoms with van der Waals surface area (Å²) in [6, 6.07) is 1.36. The molecule has 0 radical (unpaired) electrons. The molecule has 118 valence electrons. The normalized spacial score (nSPS) is 28.9. The lowest BCUT2D eigenvalue weighted by Gasteiger charge is -2.43. The van der Waals surface area contributed by atoms with Crippen LogP contribution in [-0.2, 0) is 6.54 Å². The molecule has 1 saturated carbocycles. The van der Waals surface area contributed by atoms with E-state index in [2.05, 4.69) is 39.8 Å². The van der Waals surface area contributed by atoms with E-state index in [1.54, 1.807) is 0 Å². The van der Waals surface area contributed by atoms with Gasteiger partial charge in [-0.1, -0.05) is 19.3 Å². The van der Waals surface area contributed by atoms with Crippen LogP contribution >= 0.6 is 0 Å². The van der Waals surface area contributed by atoms with Gasteiger partial charge in [0.05, 0.1) is 0 Å². The molecule has 2 unspecified atom stereocenters. The number of aryl methyl sites for hydroxylation is 1. The standard InChI is InChI=1S/C17H30N4/c1-14-12-19-17(16-6-4-3-5-7-16)13-21(14)11-10-20-9-8-18-15(20)2/h8-9,14,16-17,19H,3-7,10-13H2,1-2H3. The average molecular weight is 290 g/mol. The molecule has 1 aliphatic heterocycles. The van der Waals surface area contributed by atoms with Crippen molar-refractivity contribution in [2.45, 2.75) is 64.6 Å². The number of nitrogens with one attached hydrogen (secondary N) is 1. The van der Waals surface area contributed by atoms with Crippen LogP contribution in [-0.4, -0.2) is 46.2 Å². The van der Waals surface area contributed by atoms with Crippen LogP contribution < -0.4 is 5.32 Å². The molecule has 0 bridgehead atoms. The van der Waals surface area contributed by atoms with E-state index in [-0.39, 0.29) is 0 Å². The van der Waals surface area contributed by atoms with Gasteiger partial charge in [0.25, 0.3) is 0 Å². The van der Waals surface area contributed by atoms with E-state index in [4.69, 9.17) is 0 Å². The molecule has 3 rings (SSSR count). The first-order valence-electron chi connectivity index (χ1n) is 8.69. The number of nitrogens with zero attached hydrogens (tertiary/aromatic N) is 3. The van der Waals surface area contributed by atoms with Crippen molar-refractivity contribution < 1.29 is 0 Å². The Bertz CT molecular complexity index is 436. The number of hydrogen-bond acceptors (Lipinski definition) is 3. The highest BCUT2D eigenvalue weighted by molar-refractivity contribution is 4.91. The Morgan fingerprint density at radius 3 is 2.76 bits per heavy atom. The van der Waals surface area contributed by atoms with E-state index < -0.39 is 0 Å². The third kappa shape index (κ3) is 3.67. The molecule has 2 aliphatic rings. The summed E-state index contributed by atoms with van der Waals surface area (Å²) < 4.78 is 2.27. The van der Waals surface area contributed by atoms with E-state index in [9.17, 15) is 0 Å². The Kier molecular flexibility index (Phi) is 4.96. The van der Waals surface area contributed by atoms with Gasteiger partial charge >= 0.3 is 0 Å². The van der Waals surface area contributed by atoms with Gasteiger partial charge < -0.3 is 9.88 Å². The highest BCUT2D eigenvalue weighted by Gasteiger charge is 2.30. The Morgan fingerprint density at radius 1 is 1.24 bits per heavy atom. The molecule has 4 nitrogen and oxygen atoms in total. The summed E-state index contributed by atoms with van der Waals surface area (Å²) in [5.41, 5.74) is 0. The Labute approximate surface area is 128 Å². The Balaban J connectivity index is 1.54. The van der Waals surface area contributed by atoms with Crippen molar-refractivity contribution in [3.63, 3.8) is 0 Å². The van der Waals surface area contributed by atoms with Gasteiger partial charge in [0.15, 0.2) is 0 Å². The fourth-order valence-corrected chi connectivity index (χ4v) is 3.99. The minimum absolute atomic E-state index is 0.647. The van der Waals surface area contributed by atoms with Crippen molar-refractivity contribution in [3.8, 4) is 0 Å². The van der Waals surface area contributed by atoms with Crippen LogP contribution in [0.5, 0.6) is 0 Å². The summed E-state index contributed by atoms with van der Waals surface area (Å²) in [5.74, 6) is 2.03.